The highest BCUT2D eigenvalue weighted by Crippen LogP contribution is 2.44. The number of carbonyl (C=O) groups is 4. The number of likely N-dealkylation sites (tertiary alicyclic amines) is 3. The molecule has 4 saturated heterocycles. The first-order valence-electron chi connectivity index (χ1n) is 36.6. The number of halogens is 1. The van der Waals surface area contributed by atoms with Crippen LogP contribution in [0.4, 0.5) is 17.1 Å². The van der Waals surface area contributed by atoms with Crippen molar-refractivity contribution in [1.29, 1.82) is 0 Å². The second-order valence-corrected chi connectivity index (χ2v) is 33.6. The molecule has 1 aliphatic carbocycles. The number of hydrogen-bond acceptors (Lipinski definition) is 18. The molecule has 0 radical (unpaired) electrons. The molecular weight excluding hydrogens is 1380 g/mol. The first-order chi connectivity index (χ1) is 49.8. The summed E-state index contributed by atoms with van der Waals surface area (Å²) in [7, 11) is -4.64. The molecule has 6 N–H and O–H groups in total. The van der Waals surface area contributed by atoms with Gasteiger partial charge in [0.15, 0.2) is 0 Å². The summed E-state index contributed by atoms with van der Waals surface area (Å²) in [5.41, 5.74) is 9.51. The molecule has 26 heteroatoms. The number of H-pyrrole nitrogens is 1. The van der Waals surface area contributed by atoms with Crippen molar-refractivity contribution in [1.82, 2.24) is 49.9 Å². The number of rotatable bonds is 26. The van der Waals surface area contributed by atoms with Gasteiger partial charge in [0.05, 0.1) is 43.8 Å². The molecule has 104 heavy (non-hydrogen) atoms. The molecule has 7 aromatic rings. The van der Waals surface area contributed by atoms with Crippen LogP contribution < -0.4 is 30.3 Å². The first kappa shape index (κ1) is 75.4. The number of aryl methyl sites for hydroxylation is 1. The van der Waals surface area contributed by atoms with Crippen LogP contribution in [0, 0.1) is 33.8 Å². The lowest BCUT2D eigenvalue weighted by Crippen LogP contribution is -2.57. The molecule has 0 spiro atoms. The number of carbonyl (C=O) groups excluding carboxylic acids is 4. The van der Waals surface area contributed by atoms with Crippen LogP contribution in [0.25, 0.3) is 27.0 Å². The number of nitrogens with one attached hydrogen (secondary N) is 5. The van der Waals surface area contributed by atoms with Gasteiger partial charge in [-0.2, -0.15) is 0 Å². The number of anilines is 2. The Hall–Kier alpha value is -8.30. The van der Waals surface area contributed by atoms with Gasteiger partial charge in [0, 0.05) is 106 Å². The Labute approximate surface area is 618 Å². The number of hydrogen-bond donors (Lipinski definition) is 6. The van der Waals surface area contributed by atoms with Crippen LogP contribution in [-0.2, 0) is 31.0 Å². The third-order valence-corrected chi connectivity index (χ3v) is 24.0. The summed E-state index contributed by atoms with van der Waals surface area (Å²) in [6.45, 7) is 21.6. The fourth-order valence-electron chi connectivity index (χ4n) is 15.3. The first-order valence-corrected chi connectivity index (χ1v) is 39.3. The lowest BCUT2D eigenvalue weighted by Gasteiger charge is -2.42. The van der Waals surface area contributed by atoms with Crippen molar-refractivity contribution in [3.05, 3.63) is 158 Å². The number of sulfonamides is 1. The quantitative estimate of drug-likeness (QED) is 0.0167. The molecule has 4 fully saturated rings. The molecule has 5 aliphatic rings. The Bertz CT molecular complexity index is 4360. The highest BCUT2D eigenvalue weighted by atomic mass is 35.5. The van der Waals surface area contributed by atoms with Crippen molar-refractivity contribution in [2.24, 2.45) is 16.7 Å². The summed E-state index contributed by atoms with van der Waals surface area (Å²) in [5, 5.41) is 34.0. The molecule has 4 aromatic carbocycles. The van der Waals surface area contributed by atoms with E-state index >= 15 is 0 Å². The number of aromatic amines is 1. The molecular formula is C78H98ClN13O10S2. The van der Waals surface area contributed by atoms with Gasteiger partial charge in [0.1, 0.15) is 34.9 Å². The van der Waals surface area contributed by atoms with E-state index in [4.69, 9.17) is 16.3 Å². The molecule has 3 aromatic heterocycles. The maximum atomic E-state index is 14.3. The maximum Gasteiger partial charge on any atom is 0.293 e. The van der Waals surface area contributed by atoms with E-state index in [1.54, 1.807) is 41.8 Å². The van der Waals surface area contributed by atoms with E-state index < -0.39 is 55.0 Å². The van der Waals surface area contributed by atoms with E-state index in [1.165, 1.54) is 39.9 Å². The van der Waals surface area contributed by atoms with Crippen LogP contribution >= 0.6 is 22.9 Å². The molecule has 12 rings (SSSR count). The number of nitro groups is 1. The third-order valence-electron chi connectivity index (χ3n) is 21.4. The zero-order chi connectivity index (χ0) is 73.5. The average Bonchev–Trinajstić information content (AvgIpc) is 0.824. The van der Waals surface area contributed by atoms with Gasteiger partial charge in [-0.1, -0.05) is 94.6 Å². The summed E-state index contributed by atoms with van der Waals surface area (Å²) < 4.78 is 36.7. The fourth-order valence-corrected chi connectivity index (χ4v) is 17.2. The Morgan fingerprint density at radius 2 is 1.61 bits per heavy atom. The zero-order valence-corrected chi connectivity index (χ0v) is 62.8. The van der Waals surface area contributed by atoms with Crippen molar-refractivity contribution in [2.45, 2.75) is 154 Å². The van der Waals surface area contributed by atoms with Crippen molar-refractivity contribution < 1.29 is 42.4 Å². The number of allylic oxidation sites excluding steroid dienone is 1. The van der Waals surface area contributed by atoms with Crippen molar-refractivity contribution in [3.8, 4) is 21.9 Å². The molecule has 0 saturated carbocycles. The predicted molar refractivity (Wildman–Crippen MR) is 407 cm³/mol. The van der Waals surface area contributed by atoms with E-state index in [1.807, 2.05) is 75.7 Å². The number of amides is 4. The van der Waals surface area contributed by atoms with E-state index in [0.717, 1.165) is 154 Å². The van der Waals surface area contributed by atoms with Crippen molar-refractivity contribution >= 4 is 90.3 Å². The molecule has 23 nitrogen and oxygen atoms in total. The number of nitrogens with zero attached hydrogens (tertiary/aromatic N) is 8. The largest absolute Gasteiger partial charge is 0.455 e. The Kier molecular flexibility index (Phi) is 23.9. The van der Waals surface area contributed by atoms with Crippen LogP contribution in [0.1, 0.15) is 139 Å². The summed E-state index contributed by atoms with van der Waals surface area (Å²) in [5.74, 6) is -1.23. The number of aliphatic hydroxyl groups is 1. The average molecular weight is 1480 g/mol. The predicted octanol–water partition coefficient (Wildman–Crippen LogP) is 12.2. The molecule has 0 unspecified atom stereocenters. The number of β-amino-alcohol motifs (C(OH)–C–C–N with tert-alkyl or cyclic N) is 1. The highest BCUT2D eigenvalue weighted by Gasteiger charge is 2.45. The van der Waals surface area contributed by atoms with Crippen LogP contribution in [0.2, 0.25) is 5.02 Å². The molecule has 554 valence electrons. The van der Waals surface area contributed by atoms with Crippen LogP contribution in [0.3, 0.4) is 0 Å². The molecule has 4 aliphatic heterocycles. The SMILES string of the molecule is Cc1ncsc1-c1ccc(CNC(=O)[C@@H]2C[C@@H](O)CN2C(=O)[C@@H](NC(=O)CCCCCN2CCC(N3CCC(CNc4ccc(S(=O)(=O)NC(=O)c5ccc(N6CCN(CC7=C(c8ccc(Cl)cc8)CC(C)(C)CC7)CC6)cc5Oc5cnc6[nH]ccc6c5)cc4[N+](=O)[O-])CC3)CC2)C(C)(C)C)cc1. The second kappa shape index (κ2) is 33.0. The zero-order valence-electron chi connectivity index (χ0n) is 60.4. The highest BCUT2D eigenvalue weighted by molar-refractivity contribution is 7.90. The number of ether oxygens (including phenoxy) is 1. The second-order valence-electron chi connectivity index (χ2n) is 30.6. The van der Waals surface area contributed by atoms with E-state index in [-0.39, 0.29) is 72.0 Å². The number of thiazole rings is 1. The molecule has 0 bridgehead atoms. The lowest BCUT2D eigenvalue weighted by atomic mass is 9.72. The van der Waals surface area contributed by atoms with E-state index in [2.05, 4.69) is 81.2 Å². The van der Waals surface area contributed by atoms with Gasteiger partial charge < -0.3 is 50.4 Å². The summed E-state index contributed by atoms with van der Waals surface area (Å²) in [4.78, 5) is 91.2. The number of pyridine rings is 1. The Balaban J connectivity index is 0.576. The van der Waals surface area contributed by atoms with Gasteiger partial charge in [-0.25, -0.2) is 23.1 Å². The number of fused-ring (bicyclic) bond motifs is 1. The number of piperidine rings is 2. The number of aliphatic hydroxyl groups excluding tert-OH is 1. The van der Waals surface area contributed by atoms with Gasteiger partial charge in [-0.15, -0.1) is 11.3 Å². The van der Waals surface area contributed by atoms with Gasteiger partial charge in [-0.3, -0.25) is 34.2 Å². The molecule has 4 amide bonds. The van der Waals surface area contributed by atoms with Gasteiger partial charge in [-0.05, 0) is 185 Å². The topological polar surface area (TPSA) is 281 Å². The Morgan fingerprint density at radius 1 is 0.865 bits per heavy atom. The maximum absolute atomic E-state index is 14.3. The van der Waals surface area contributed by atoms with Crippen molar-refractivity contribution in [3.63, 3.8) is 0 Å². The third kappa shape index (κ3) is 18.8. The standard InChI is InChI=1S/C78H98ClN13O10S2/c1-51-71(103-50-84-51)55-13-11-52(12-14-55)46-83-75(96)68-42-61(93)49-91(68)76(97)72(77(2,3)4)85-70(94)10-8-7-9-31-87-32-27-59(28-33-87)89-34-25-53(26-35-89)45-81-66-22-20-63(43-67(66)92(98)99)104(100,101)86-74(95)64-21-19-60(41-69(64)102-62-40-56-24-30-80-73(56)82-47-62)90-38-36-88(37-39-90)48-57-23-29-78(5,6)44-65(57)54-15-17-58(79)18-16-54/h11-22,24,30,40-41,43,47,50,53,59,61,68,72,81,93H,7-10,23,25-29,31-39,42,44-46,48-49H2,1-6H3,(H,80,82)(H,83,96)(H,85,94)(H,86,95)/t61-,68+,72-/m1/s1. The Morgan fingerprint density at radius 3 is 2.32 bits per heavy atom. The van der Waals surface area contributed by atoms with Crippen molar-refractivity contribution in [2.75, 3.05) is 88.8 Å². The van der Waals surface area contributed by atoms with Crippen LogP contribution in [0.15, 0.2) is 125 Å². The number of benzene rings is 4. The minimum absolute atomic E-state index is 0.00814. The number of unbranched alkanes of at least 4 members (excludes halogenated alkanes) is 2. The molecule has 3 atom stereocenters. The smallest absolute Gasteiger partial charge is 0.293 e. The minimum atomic E-state index is -4.64. The molecule has 7 heterocycles. The number of aromatic nitrogens is 3. The summed E-state index contributed by atoms with van der Waals surface area (Å²) >= 11 is 7.87. The van der Waals surface area contributed by atoms with Crippen LogP contribution in [0.5, 0.6) is 11.5 Å². The number of nitro benzene ring substituents is 1. The van der Waals surface area contributed by atoms with Gasteiger partial charge in [0.2, 0.25) is 17.7 Å². The normalized spacial score (nSPS) is 19.3. The lowest BCUT2D eigenvalue weighted by molar-refractivity contribution is -0.384. The number of piperazine rings is 1. The fraction of sp³-hybridized carbons (Fsp3) is 0.487. The van der Waals surface area contributed by atoms with E-state index in [9.17, 15) is 42.8 Å². The van der Waals surface area contributed by atoms with Gasteiger partial charge in [0.25, 0.3) is 21.6 Å². The van der Waals surface area contributed by atoms with Gasteiger partial charge >= 0.3 is 0 Å². The van der Waals surface area contributed by atoms with E-state index in [0.29, 0.717) is 43.5 Å². The monoisotopic (exact) mass is 1480 g/mol. The van der Waals surface area contributed by atoms with Crippen LogP contribution in [-0.4, -0.2) is 179 Å². The summed E-state index contributed by atoms with van der Waals surface area (Å²) in [6.07, 6.45) is 12.3. The summed E-state index contributed by atoms with van der Waals surface area (Å²) in [6, 6.07) is 27.1. The minimum Gasteiger partial charge on any atom is -0.455 e.